The van der Waals surface area contributed by atoms with Crippen molar-refractivity contribution >= 4 is 11.6 Å². The van der Waals surface area contributed by atoms with Crippen molar-refractivity contribution in [2.24, 2.45) is 0 Å². The Kier molecular flexibility index (Phi) is 8.89. The van der Waals surface area contributed by atoms with E-state index in [9.17, 15) is 4.79 Å². The third kappa shape index (κ3) is 10.6. The Morgan fingerprint density at radius 3 is 2.25 bits per heavy atom. The van der Waals surface area contributed by atoms with E-state index in [-0.39, 0.29) is 5.91 Å². The number of anilines is 1. The molecule has 0 unspecified atom stereocenters. The van der Waals surface area contributed by atoms with Crippen LogP contribution in [0.25, 0.3) is 0 Å². The molecule has 20 heavy (non-hydrogen) atoms. The topological polar surface area (TPSA) is 41.1 Å². The highest BCUT2D eigenvalue weighted by molar-refractivity contribution is 5.88. The quantitative estimate of drug-likeness (QED) is 0.874. The van der Waals surface area contributed by atoms with Crippen molar-refractivity contribution in [1.29, 1.82) is 0 Å². The summed E-state index contributed by atoms with van der Waals surface area (Å²) in [7, 11) is 0. The lowest BCUT2D eigenvalue weighted by Gasteiger charge is -2.19. The minimum Gasteiger partial charge on any atom is -0.326 e. The summed E-state index contributed by atoms with van der Waals surface area (Å²) in [6.07, 6.45) is 2.21. The zero-order valence-corrected chi connectivity index (χ0v) is 13.8. The average Bonchev–Trinajstić information content (AvgIpc) is 2.35. The van der Waals surface area contributed by atoms with E-state index in [0.717, 1.165) is 18.7 Å². The molecule has 1 aromatic rings. The molecular weight excluding hydrogens is 248 g/mol. The molecule has 0 spiro atoms. The first-order valence-electron chi connectivity index (χ1n) is 7.40. The monoisotopic (exact) mass is 278 g/mol. The summed E-state index contributed by atoms with van der Waals surface area (Å²) in [5.74, 6) is -0.0248. The van der Waals surface area contributed by atoms with Crippen molar-refractivity contribution < 1.29 is 4.79 Å². The van der Waals surface area contributed by atoms with E-state index in [0.29, 0.717) is 5.54 Å². The Labute approximate surface area is 124 Å². The van der Waals surface area contributed by atoms with Crippen LogP contribution in [-0.4, -0.2) is 18.0 Å². The van der Waals surface area contributed by atoms with Gasteiger partial charge in [0.1, 0.15) is 0 Å². The van der Waals surface area contributed by atoms with Crippen molar-refractivity contribution in [1.82, 2.24) is 5.32 Å². The molecule has 1 rings (SSSR count). The molecule has 3 nitrogen and oxygen atoms in total. The van der Waals surface area contributed by atoms with Gasteiger partial charge in [0.05, 0.1) is 0 Å². The van der Waals surface area contributed by atoms with Gasteiger partial charge >= 0.3 is 0 Å². The van der Waals surface area contributed by atoms with Gasteiger partial charge in [-0.1, -0.05) is 26.0 Å². The van der Waals surface area contributed by atoms with Crippen LogP contribution >= 0.6 is 0 Å². The van der Waals surface area contributed by atoms with Gasteiger partial charge in [0.15, 0.2) is 0 Å². The molecule has 0 radical (unpaired) electrons. The zero-order valence-electron chi connectivity index (χ0n) is 13.8. The second kappa shape index (κ2) is 9.54. The molecule has 0 aliphatic rings. The molecule has 0 bridgehead atoms. The molecule has 0 aliphatic heterocycles. The molecule has 0 atom stereocenters. The first-order valence-corrected chi connectivity index (χ1v) is 7.40. The second-order valence-corrected chi connectivity index (χ2v) is 5.91. The summed E-state index contributed by atoms with van der Waals surface area (Å²) in [6.45, 7) is 13.5. The van der Waals surface area contributed by atoms with Crippen molar-refractivity contribution in [2.45, 2.75) is 59.9 Å². The summed E-state index contributed by atoms with van der Waals surface area (Å²) in [6, 6.07) is 7.87. The molecule has 0 saturated heterocycles. The molecule has 0 aromatic heterocycles. The molecule has 0 fully saturated rings. The Bertz CT molecular complexity index is 394. The lowest BCUT2D eigenvalue weighted by Crippen LogP contribution is -2.36. The molecule has 1 aromatic carbocycles. The normalized spacial score (nSPS) is 10.5. The highest BCUT2D eigenvalue weighted by Gasteiger charge is 2.05. The first kappa shape index (κ1) is 18.7. The molecule has 2 N–H and O–H groups in total. The molecular formula is C17H30N2O. The van der Waals surface area contributed by atoms with E-state index in [2.05, 4.69) is 45.3 Å². The third-order valence-corrected chi connectivity index (χ3v) is 2.56. The van der Waals surface area contributed by atoms with Gasteiger partial charge in [0, 0.05) is 18.2 Å². The van der Waals surface area contributed by atoms with Crippen LogP contribution in [0.4, 0.5) is 5.69 Å². The van der Waals surface area contributed by atoms with Crippen molar-refractivity contribution in [3.8, 4) is 0 Å². The Hall–Kier alpha value is -1.35. The van der Waals surface area contributed by atoms with E-state index < -0.39 is 0 Å². The van der Waals surface area contributed by atoms with Gasteiger partial charge in [-0.15, -0.1) is 0 Å². The smallest absolute Gasteiger partial charge is 0.221 e. The van der Waals surface area contributed by atoms with Crippen LogP contribution in [-0.2, 0) is 11.2 Å². The maximum Gasteiger partial charge on any atom is 0.221 e. The number of carbonyl (C=O) groups excluding carboxylic acids is 1. The SMILES string of the molecule is CCCNC(C)(C)C.CCc1cccc(NC(C)=O)c1. The van der Waals surface area contributed by atoms with Gasteiger partial charge in [-0.25, -0.2) is 0 Å². The number of aryl methyl sites for hydroxylation is 1. The fraction of sp³-hybridized carbons (Fsp3) is 0.588. The number of benzene rings is 1. The molecule has 0 aliphatic carbocycles. The van der Waals surface area contributed by atoms with E-state index in [1.807, 2.05) is 24.3 Å². The van der Waals surface area contributed by atoms with Crippen LogP contribution in [0.1, 0.15) is 53.5 Å². The number of rotatable bonds is 4. The van der Waals surface area contributed by atoms with Crippen LogP contribution in [0.3, 0.4) is 0 Å². The summed E-state index contributed by atoms with van der Waals surface area (Å²) in [4.78, 5) is 10.7. The van der Waals surface area contributed by atoms with Crippen LogP contribution in [0.2, 0.25) is 0 Å². The molecule has 0 heterocycles. The van der Waals surface area contributed by atoms with Gasteiger partial charge in [-0.3, -0.25) is 4.79 Å². The van der Waals surface area contributed by atoms with Gasteiger partial charge in [-0.05, 0) is 57.9 Å². The molecule has 114 valence electrons. The van der Waals surface area contributed by atoms with E-state index in [1.54, 1.807) is 0 Å². The Morgan fingerprint density at radius 2 is 1.85 bits per heavy atom. The van der Waals surface area contributed by atoms with Crippen LogP contribution in [0.5, 0.6) is 0 Å². The zero-order chi connectivity index (χ0) is 15.6. The molecule has 1 amide bonds. The maximum atomic E-state index is 10.7. The summed E-state index contributed by atoms with van der Waals surface area (Å²) < 4.78 is 0. The van der Waals surface area contributed by atoms with Crippen LogP contribution in [0.15, 0.2) is 24.3 Å². The molecule has 0 saturated carbocycles. The van der Waals surface area contributed by atoms with Crippen molar-refractivity contribution in [3.05, 3.63) is 29.8 Å². The summed E-state index contributed by atoms with van der Waals surface area (Å²) >= 11 is 0. The summed E-state index contributed by atoms with van der Waals surface area (Å²) in [5.41, 5.74) is 2.42. The van der Waals surface area contributed by atoms with E-state index in [1.165, 1.54) is 18.9 Å². The standard InChI is InChI=1S/C10H13NO.C7H17N/c1-3-9-5-4-6-10(7-9)11-8(2)12;1-5-6-8-7(2,3)4/h4-7H,3H2,1-2H3,(H,11,12);8H,5-6H2,1-4H3. The predicted octanol–water partition coefficient (Wildman–Crippen LogP) is 3.99. The fourth-order valence-corrected chi connectivity index (χ4v) is 1.57. The van der Waals surface area contributed by atoms with Crippen LogP contribution in [0, 0.1) is 0 Å². The highest BCUT2D eigenvalue weighted by Crippen LogP contribution is 2.10. The summed E-state index contributed by atoms with van der Waals surface area (Å²) in [5, 5.41) is 6.11. The number of carbonyl (C=O) groups is 1. The van der Waals surface area contributed by atoms with Gasteiger partial charge in [0.25, 0.3) is 0 Å². The first-order chi connectivity index (χ1) is 9.28. The lowest BCUT2D eigenvalue weighted by molar-refractivity contribution is -0.114. The van der Waals surface area contributed by atoms with Crippen molar-refractivity contribution in [3.63, 3.8) is 0 Å². The van der Waals surface area contributed by atoms with E-state index in [4.69, 9.17) is 0 Å². The van der Waals surface area contributed by atoms with Crippen molar-refractivity contribution in [2.75, 3.05) is 11.9 Å². The minimum absolute atomic E-state index is 0.0248. The fourth-order valence-electron chi connectivity index (χ4n) is 1.57. The number of amides is 1. The Morgan fingerprint density at radius 1 is 1.20 bits per heavy atom. The average molecular weight is 278 g/mol. The maximum absolute atomic E-state index is 10.7. The second-order valence-electron chi connectivity index (χ2n) is 5.91. The van der Waals surface area contributed by atoms with Gasteiger partial charge in [-0.2, -0.15) is 0 Å². The molecule has 3 heteroatoms. The van der Waals surface area contributed by atoms with E-state index >= 15 is 0 Å². The predicted molar refractivity (Wildman–Crippen MR) is 88.2 cm³/mol. The highest BCUT2D eigenvalue weighted by atomic mass is 16.1. The third-order valence-electron chi connectivity index (χ3n) is 2.56. The van der Waals surface area contributed by atoms with Gasteiger partial charge in [0.2, 0.25) is 5.91 Å². The Balaban J connectivity index is 0.000000396. The minimum atomic E-state index is -0.0248. The largest absolute Gasteiger partial charge is 0.326 e. The lowest BCUT2D eigenvalue weighted by atomic mass is 10.1. The van der Waals surface area contributed by atoms with Gasteiger partial charge < -0.3 is 10.6 Å². The van der Waals surface area contributed by atoms with Crippen LogP contribution < -0.4 is 10.6 Å². The number of nitrogens with one attached hydrogen (secondary N) is 2. The number of hydrogen-bond acceptors (Lipinski definition) is 2. The number of hydrogen-bond donors (Lipinski definition) is 2.